The molecule has 0 heterocycles. The third-order valence-corrected chi connectivity index (χ3v) is 2.11. The Hall–Kier alpha value is -0.670. The summed E-state index contributed by atoms with van der Waals surface area (Å²) in [4.78, 5) is 0. The summed E-state index contributed by atoms with van der Waals surface area (Å²) in [6.07, 6.45) is 0. The first kappa shape index (κ1) is 10.4. The normalized spacial score (nSPS) is 15.5. The third-order valence-electron chi connectivity index (χ3n) is 1.82. The van der Waals surface area contributed by atoms with Gasteiger partial charge in [-0.2, -0.15) is 0 Å². The second kappa shape index (κ2) is 3.60. The standard InChI is InChI=1S/C9H9ClF2O/c1-9(12,5-13)6-2-3-8(11)7(10)4-6/h2-4,13H,5H2,1H3. The second-order valence-corrected chi connectivity index (χ2v) is 3.39. The summed E-state index contributed by atoms with van der Waals surface area (Å²) in [6, 6.07) is 3.51. The fraction of sp³-hybridized carbons (Fsp3) is 0.333. The molecule has 1 nitrogen and oxygen atoms in total. The summed E-state index contributed by atoms with van der Waals surface area (Å²) >= 11 is 5.45. The highest BCUT2D eigenvalue weighted by molar-refractivity contribution is 6.30. The van der Waals surface area contributed by atoms with Crippen LogP contribution in [0.2, 0.25) is 5.02 Å². The average molecular weight is 207 g/mol. The molecule has 72 valence electrons. The quantitative estimate of drug-likeness (QED) is 0.789. The number of rotatable bonds is 2. The molecule has 1 rings (SSSR count). The summed E-state index contributed by atoms with van der Waals surface area (Å²) in [5.41, 5.74) is -1.71. The van der Waals surface area contributed by atoms with E-state index in [1.54, 1.807) is 0 Å². The molecule has 1 aromatic carbocycles. The van der Waals surface area contributed by atoms with Gasteiger partial charge in [-0.15, -0.1) is 0 Å². The zero-order valence-electron chi connectivity index (χ0n) is 7.02. The van der Waals surface area contributed by atoms with Crippen LogP contribution in [0.15, 0.2) is 18.2 Å². The van der Waals surface area contributed by atoms with Gasteiger partial charge in [0.1, 0.15) is 5.82 Å². The van der Waals surface area contributed by atoms with Crippen LogP contribution < -0.4 is 0 Å². The van der Waals surface area contributed by atoms with Gasteiger partial charge in [0.2, 0.25) is 0 Å². The van der Waals surface area contributed by atoms with Crippen LogP contribution in [0.3, 0.4) is 0 Å². The monoisotopic (exact) mass is 206 g/mol. The molecule has 0 spiro atoms. The van der Waals surface area contributed by atoms with Crippen molar-refractivity contribution in [2.24, 2.45) is 0 Å². The maximum absolute atomic E-state index is 13.4. The van der Waals surface area contributed by atoms with E-state index < -0.39 is 18.1 Å². The smallest absolute Gasteiger partial charge is 0.156 e. The van der Waals surface area contributed by atoms with Gasteiger partial charge in [-0.1, -0.05) is 17.7 Å². The van der Waals surface area contributed by atoms with E-state index in [1.165, 1.54) is 19.1 Å². The topological polar surface area (TPSA) is 20.2 Å². The van der Waals surface area contributed by atoms with Crippen molar-refractivity contribution < 1.29 is 13.9 Å². The van der Waals surface area contributed by atoms with Gasteiger partial charge < -0.3 is 5.11 Å². The number of hydrogen-bond donors (Lipinski definition) is 1. The van der Waals surface area contributed by atoms with Gasteiger partial charge in [0.15, 0.2) is 5.67 Å². The van der Waals surface area contributed by atoms with E-state index in [0.717, 1.165) is 6.07 Å². The summed E-state index contributed by atoms with van der Waals surface area (Å²) in [6.45, 7) is 0.547. The zero-order valence-corrected chi connectivity index (χ0v) is 7.78. The fourth-order valence-corrected chi connectivity index (χ4v) is 1.09. The van der Waals surface area contributed by atoms with Gasteiger partial charge in [0, 0.05) is 0 Å². The number of benzene rings is 1. The van der Waals surface area contributed by atoms with Crippen molar-refractivity contribution in [1.82, 2.24) is 0 Å². The van der Waals surface area contributed by atoms with Crippen molar-refractivity contribution >= 4 is 11.6 Å². The predicted molar refractivity (Wildman–Crippen MR) is 47.0 cm³/mol. The van der Waals surface area contributed by atoms with Crippen LogP contribution in [0, 0.1) is 5.82 Å². The molecule has 4 heteroatoms. The Morgan fingerprint density at radius 1 is 1.54 bits per heavy atom. The summed E-state index contributed by atoms with van der Waals surface area (Å²) in [5.74, 6) is -0.598. The Balaban J connectivity index is 3.10. The largest absolute Gasteiger partial charge is 0.393 e. The summed E-state index contributed by atoms with van der Waals surface area (Å²) in [5, 5.41) is 8.55. The molecule has 0 fully saturated rings. The number of halogens is 3. The first-order valence-electron chi connectivity index (χ1n) is 3.72. The van der Waals surface area contributed by atoms with Gasteiger partial charge in [0.25, 0.3) is 0 Å². The Labute approximate surface area is 80.0 Å². The number of alkyl halides is 1. The average Bonchev–Trinajstić information content (AvgIpc) is 2.09. The third kappa shape index (κ3) is 2.17. The second-order valence-electron chi connectivity index (χ2n) is 2.98. The van der Waals surface area contributed by atoms with Crippen molar-refractivity contribution in [2.45, 2.75) is 12.6 Å². The van der Waals surface area contributed by atoms with E-state index in [4.69, 9.17) is 16.7 Å². The van der Waals surface area contributed by atoms with Crippen LogP contribution in [0.5, 0.6) is 0 Å². The van der Waals surface area contributed by atoms with Crippen molar-refractivity contribution in [1.29, 1.82) is 0 Å². The highest BCUT2D eigenvalue weighted by Gasteiger charge is 2.25. The van der Waals surface area contributed by atoms with Crippen LogP contribution in [0.25, 0.3) is 0 Å². The van der Waals surface area contributed by atoms with Crippen molar-refractivity contribution in [3.63, 3.8) is 0 Å². The van der Waals surface area contributed by atoms with Gasteiger partial charge in [-0.05, 0) is 24.6 Å². The molecular formula is C9H9ClF2O. The lowest BCUT2D eigenvalue weighted by molar-refractivity contribution is 0.0867. The van der Waals surface area contributed by atoms with Crippen molar-refractivity contribution in [3.05, 3.63) is 34.6 Å². The molecule has 0 aliphatic rings. The SMILES string of the molecule is CC(F)(CO)c1ccc(F)c(Cl)c1. The lowest BCUT2D eigenvalue weighted by Gasteiger charge is -2.17. The zero-order chi connectivity index (χ0) is 10.1. The molecule has 1 N–H and O–H groups in total. The van der Waals surface area contributed by atoms with Gasteiger partial charge >= 0.3 is 0 Å². The molecule has 0 bridgehead atoms. The summed E-state index contributed by atoms with van der Waals surface area (Å²) < 4.78 is 26.1. The van der Waals surface area contributed by atoms with Crippen LogP contribution in [0.4, 0.5) is 8.78 Å². The molecule has 0 saturated carbocycles. The lowest BCUT2D eigenvalue weighted by atomic mass is 9.99. The van der Waals surface area contributed by atoms with Crippen LogP contribution in [0.1, 0.15) is 12.5 Å². The van der Waals surface area contributed by atoms with E-state index >= 15 is 0 Å². The first-order chi connectivity index (χ1) is 5.97. The lowest BCUT2D eigenvalue weighted by Crippen LogP contribution is -2.20. The fourth-order valence-electron chi connectivity index (χ4n) is 0.912. The Morgan fingerprint density at radius 3 is 2.62 bits per heavy atom. The molecule has 0 amide bonds. The Morgan fingerprint density at radius 2 is 2.15 bits per heavy atom. The minimum atomic E-state index is -1.88. The maximum Gasteiger partial charge on any atom is 0.156 e. The van der Waals surface area contributed by atoms with Crippen LogP contribution >= 0.6 is 11.6 Å². The molecule has 1 aromatic rings. The molecular weight excluding hydrogens is 198 g/mol. The highest BCUT2D eigenvalue weighted by atomic mass is 35.5. The molecule has 1 unspecified atom stereocenters. The molecule has 0 radical (unpaired) electrons. The first-order valence-corrected chi connectivity index (χ1v) is 4.10. The minimum absolute atomic E-state index is 0.144. The van der Waals surface area contributed by atoms with Gasteiger partial charge in [-0.25, -0.2) is 8.78 Å². The van der Waals surface area contributed by atoms with Crippen molar-refractivity contribution in [3.8, 4) is 0 Å². The number of aliphatic hydroxyl groups is 1. The Bertz CT molecular complexity index is 312. The van der Waals surface area contributed by atoms with E-state index in [0.29, 0.717) is 0 Å². The van der Waals surface area contributed by atoms with Crippen molar-refractivity contribution in [2.75, 3.05) is 6.61 Å². The molecule has 0 saturated heterocycles. The molecule has 1 atom stereocenters. The number of aliphatic hydroxyl groups excluding tert-OH is 1. The number of hydrogen-bond acceptors (Lipinski definition) is 1. The van der Waals surface area contributed by atoms with Crippen LogP contribution in [-0.2, 0) is 5.67 Å². The van der Waals surface area contributed by atoms with Gasteiger partial charge in [-0.3, -0.25) is 0 Å². The maximum atomic E-state index is 13.4. The van der Waals surface area contributed by atoms with E-state index in [2.05, 4.69) is 0 Å². The highest BCUT2D eigenvalue weighted by Crippen LogP contribution is 2.28. The predicted octanol–water partition coefficient (Wildman–Crippen LogP) is 2.66. The molecule has 0 aliphatic carbocycles. The van der Waals surface area contributed by atoms with E-state index in [9.17, 15) is 8.78 Å². The molecule has 13 heavy (non-hydrogen) atoms. The van der Waals surface area contributed by atoms with E-state index in [-0.39, 0.29) is 10.6 Å². The summed E-state index contributed by atoms with van der Waals surface area (Å²) in [7, 11) is 0. The minimum Gasteiger partial charge on any atom is -0.393 e. The van der Waals surface area contributed by atoms with Crippen LogP contribution in [-0.4, -0.2) is 11.7 Å². The molecule has 0 aliphatic heterocycles. The Kier molecular flexibility index (Phi) is 2.88. The van der Waals surface area contributed by atoms with E-state index in [1.807, 2.05) is 0 Å². The van der Waals surface area contributed by atoms with Gasteiger partial charge in [0.05, 0.1) is 11.6 Å². The molecule has 0 aromatic heterocycles.